The Hall–Kier alpha value is -0.170. The third kappa shape index (κ3) is 5.25. The van der Waals surface area contributed by atoms with Crippen LogP contribution in [0.1, 0.15) is 25.3 Å². The van der Waals surface area contributed by atoms with Gasteiger partial charge in [-0.3, -0.25) is 0 Å². The summed E-state index contributed by atoms with van der Waals surface area (Å²) in [5.74, 6) is 0.958. The Morgan fingerprint density at radius 1 is 1.44 bits per heavy atom. The zero-order valence-corrected chi connectivity index (χ0v) is 11.6. The Balaban J connectivity index is 2.23. The minimum Gasteiger partial charge on any atom is -0.395 e. The summed E-state index contributed by atoms with van der Waals surface area (Å²) in [6.45, 7) is 6.32. The van der Waals surface area contributed by atoms with Gasteiger partial charge in [0.15, 0.2) is 4.34 Å². The van der Waals surface area contributed by atoms with Gasteiger partial charge in [0, 0.05) is 17.8 Å². The van der Waals surface area contributed by atoms with Gasteiger partial charge in [0.1, 0.15) is 5.01 Å². The van der Waals surface area contributed by atoms with Crippen LogP contribution in [0.25, 0.3) is 0 Å². The largest absolute Gasteiger partial charge is 0.395 e. The molecule has 0 fully saturated rings. The van der Waals surface area contributed by atoms with E-state index in [2.05, 4.69) is 29.4 Å². The number of aromatic nitrogens is 2. The average molecular weight is 261 g/mol. The fraction of sp³-hybridized carbons (Fsp3) is 0.800. The van der Waals surface area contributed by atoms with E-state index in [1.807, 2.05) is 6.92 Å². The first-order valence-electron chi connectivity index (χ1n) is 5.41. The molecule has 0 spiro atoms. The topological polar surface area (TPSA) is 58.0 Å². The summed E-state index contributed by atoms with van der Waals surface area (Å²) in [6.07, 6.45) is 0.942. The minimum atomic E-state index is 0.182. The van der Waals surface area contributed by atoms with Crippen LogP contribution < -0.4 is 5.32 Å². The molecule has 92 valence electrons. The molecule has 0 aliphatic carbocycles. The third-order valence-corrected chi connectivity index (χ3v) is 3.99. The molecule has 1 aromatic rings. The van der Waals surface area contributed by atoms with E-state index >= 15 is 0 Å². The normalized spacial score (nSPS) is 13.3. The quantitative estimate of drug-likeness (QED) is 0.732. The van der Waals surface area contributed by atoms with Crippen LogP contribution in [-0.4, -0.2) is 39.7 Å². The monoisotopic (exact) mass is 261 g/mol. The predicted molar refractivity (Wildman–Crippen MR) is 69.1 cm³/mol. The maximum absolute atomic E-state index is 9.18. The highest BCUT2D eigenvalue weighted by molar-refractivity contribution is 8.01. The lowest BCUT2D eigenvalue weighted by molar-refractivity contribution is 0.232. The molecule has 0 bridgehead atoms. The first-order chi connectivity index (χ1) is 7.61. The smallest absolute Gasteiger partial charge is 0.174 e. The minimum absolute atomic E-state index is 0.182. The zero-order valence-electron chi connectivity index (χ0n) is 9.93. The second-order valence-corrected chi connectivity index (χ2v) is 6.45. The molecule has 0 aliphatic heterocycles. The number of aliphatic hydroxyl groups is 1. The molecule has 1 atom stereocenters. The maximum atomic E-state index is 9.18. The van der Waals surface area contributed by atoms with Gasteiger partial charge in [0.2, 0.25) is 0 Å². The fourth-order valence-electron chi connectivity index (χ4n) is 1.32. The highest BCUT2D eigenvalue weighted by Gasteiger charge is 2.09. The second kappa shape index (κ2) is 7.21. The molecule has 0 amide bonds. The molecule has 4 nitrogen and oxygen atoms in total. The standard InChI is InChI=1S/C10H19N3OS2/c1-7(2)11-9(6-14)4-5-15-10-13-12-8(3)16-10/h7,9,11,14H,4-6H2,1-3H3. The maximum Gasteiger partial charge on any atom is 0.174 e. The molecule has 1 unspecified atom stereocenters. The van der Waals surface area contributed by atoms with Crippen molar-refractivity contribution in [2.24, 2.45) is 0 Å². The Labute approximate surface area is 105 Å². The molecule has 16 heavy (non-hydrogen) atoms. The van der Waals surface area contributed by atoms with Gasteiger partial charge in [0.05, 0.1) is 6.61 Å². The lowest BCUT2D eigenvalue weighted by Crippen LogP contribution is -2.37. The SMILES string of the molecule is Cc1nnc(SCCC(CO)NC(C)C)s1. The highest BCUT2D eigenvalue weighted by atomic mass is 32.2. The van der Waals surface area contributed by atoms with Gasteiger partial charge < -0.3 is 10.4 Å². The molecule has 0 saturated heterocycles. The highest BCUT2D eigenvalue weighted by Crippen LogP contribution is 2.22. The summed E-state index contributed by atoms with van der Waals surface area (Å²) < 4.78 is 1.01. The number of aryl methyl sites for hydroxylation is 1. The van der Waals surface area contributed by atoms with Crippen LogP contribution in [0.4, 0.5) is 0 Å². The zero-order chi connectivity index (χ0) is 12.0. The van der Waals surface area contributed by atoms with E-state index in [1.165, 1.54) is 0 Å². The van der Waals surface area contributed by atoms with Crippen molar-refractivity contribution in [2.75, 3.05) is 12.4 Å². The van der Waals surface area contributed by atoms with Crippen molar-refractivity contribution in [3.05, 3.63) is 5.01 Å². The van der Waals surface area contributed by atoms with Crippen LogP contribution >= 0.6 is 23.1 Å². The molecule has 0 saturated carbocycles. The molecule has 1 heterocycles. The van der Waals surface area contributed by atoms with Gasteiger partial charge in [0.25, 0.3) is 0 Å². The first-order valence-corrected chi connectivity index (χ1v) is 7.22. The summed E-state index contributed by atoms with van der Waals surface area (Å²) in [4.78, 5) is 0. The molecule has 0 aromatic carbocycles. The number of nitrogens with zero attached hydrogens (tertiary/aromatic N) is 2. The van der Waals surface area contributed by atoms with Crippen molar-refractivity contribution in [3.63, 3.8) is 0 Å². The van der Waals surface area contributed by atoms with Crippen molar-refractivity contribution in [2.45, 2.75) is 43.6 Å². The Bertz CT molecular complexity index is 304. The van der Waals surface area contributed by atoms with Crippen molar-refractivity contribution in [3.8, 4) is 0 Å². The average Bonchev–Trinajstić information content (AvgIpc) is 2.62. The van der Waals surface area contributed by atoms with E-state index in [-0.39, 0.29) is 12.6 Å². The van der Waals surface area contributed by atoms with Gasteiger partial charge >= 0.3 is 0 Å². The number of nitrogens with one attached hydrogen (secondary N) is 1. The number of rotatable bonds is 7. The number of thioether (sulfide) groups is 1. The van der Waals surface area contributed by atoms with E-state index in [4.69, 9.17) is 0 Å². The first kappa shape index (κ1) is 13.9. The van der Waals surface area contributed by atoms with E-state index in [9.17, 15) is 5.11 Å². The van der Waals surface area contributed by atoms with Crippen molar-refractivity contribution < 1.29 is 5.11 Å². The van der Waals surface area contributed by atoms with Gasteiger partial charge in [-0.2, -0.15) is 0 Å². The fourth-order valence-corrected chi connectivity index (χ4v) is 3.26. The summed E-state index contributed by atoms with van der Waals surface area (Å²) in [5, 5.41) is 21.5. The van der Waals surface area contributed by atoms with Crippen LogP contribution in [0.3, 0.4) is 0 Å². The molecule has 0 aliphatic rings. The molecule has 6 heteroatoms. The van der Waals surface area contributed by atoms with E-state index < -0.39 is 0 Å². The molecule has 2 N–H and O–H groups in total. The van der Waals surface area contributed by atoms with E-state index in [0.29, 0.717) is 6.04 Å². The summed E-state index contributed by atoms with van der Waals surface area (Å²) in [7, 11) is 0. The Kier molecular flexibility index (Phi) is 6.26. The number of hydrogen-bond donors (Lipinski definition) is 2. The van der Waals surface area contributed by atoms with E-state index in [0.717, 1.165) is 21.5 Å². The molecule has 1 aromatic heterocycles. The van der Waals surface area contributed by atoms with Crippen LogP contribution in [0.2, 0.25) is 0 Å². The van der Waals surface area contributed by atoms with Gasteiger partial charge in [-0.15, -0.1) is 10.2 Å². The third-order valence-electron chi connectivity index (χ3n) is 1.99. The van der Waals surface area contributed by atoms with Crippen LogP contribution in [0, 0.1) is 6.92 Å². The molecular weight excluding hydrogens is 242 g/mol. The molecular formula is C10H19N3OS2. The molecule has 0 radical (unpaired) electrons. The number of aliphatic hydroxyl groups excluding tert-OH is 1. The van der Waals surface area contributed by atoms with Crippen LogP contribution in [0.15, 0.2) is 4.34 Å². The van der Waals surface area contributed by atoms with Gasteiger partial charge in [-0.05, 0) is 13.3 Å². The van der Waals surface area contributed by atoms with Crippen molar-refractivity contribution in [1.29, 1.82) is 0 Å². The Morgan fingerprint density at radius 3 is 2.69 bits per heavy atom. The predicted octanol–water partition coefficient (Wildman–Crippen LogP) is 1.69. The van der Waals surface area contributed by atoms with Gasteiger partial charge in [-0.1, -0.05) is 36.9 Å². The number of hydrogen-bond acceptors (Lipinski definition) is 6. The van der Waals surface area contributed by atoms with Crippen LogP contribution in [0.5, 0.6) is 0 Å². The van der Waals surface area contributed by atoms with E-state index in [1.54, 1.807) is 23.1 Å². The summed E-state index contributed by atoms with van der Waals surface area (Å²) in [5.41, 5.74) is 0. The van der Waals surface area contributed by atoms with Crippen molar-refractivity contribution >= 4 is 23.1 Å². The summed E-state index contributed by atoms with van der Waals surface area (Å²) in [6, 6.07) is 0.590. The lowest BCUT2D eigenvalue weighted by atomic mass is 10.2. The summed E-state index contributed by atoms with van der Waals surface area (Å²) >= 11 is 3.32. The second-order valence-electron chi connectivity index (χ2n) is 3.92. The lowest BCUT2D eigenvalue weighted by Gasteiger charge is -2.18. The van der Waals surface area contributed by atoms with Crippen molar-refractivity contribution in [1.82, 2.24) is 15.5 Å². The van der Waals surface area contributed by atoms with Gasteiger partial charge in [-0.25, -0.2) is 0 Å². The molecule has 1 rings (SSSR count). The van der Waals surface area contributed by atoms with Crippen LogP contribution in [-0.2, 0) is 0 Å². The Morgan fingerprint density at radius 2 is 2.19 bits per heavy atom.